The molecule has 2 aromatic rings. The fourth-order valence-corrected chi connectivity index (χ4v) is 3.04. The van der Waals surface area contributed by atoms with Gasteiger partial charge in [0.05, 0.1) is 0 Å². The van der Waals surface area contributed by atoms with Gasteiger partial charge in [0.25, 0.3) is 0 Å². The molecule has 0 spiro atoms. The molecule has 0 saturated carbocycles. The molecule has 0 aliphatic carbocycles. The predicted octanol–water partition coefficient (Wildman–Crippen LogP) is 2.89. The van der Waals surface area contributed by atoms with Crippen molar-refractivity contribution in [3.8, 4) is 0 Å². The lowest BCUT2D eigenvalue weighted by Crippen LogP contribution is -2.11. The molecule has 1 aromatic carbocycles. The van der Waals surface area contributed by atoms with E-state index in [1.165, 1.54) is 23.1 Å². The van der Waals surface area contributed by atoms with E-state index in [1.807, 2.05) is 0 Å². The van der Waals surface area contributed by atoms with Crippen LogP contribution in [0.25, 0.3) is 0 Å². The van der Waals surface area contributed by atoms with Crippen LogP contribution in [0.15, 0.2) is 28.6 Å². The van der Waals surface area contributed by atoms with Gasteiger partial charge in [-0.2, -0.15) is 0 Å². The second-order valence-corrected chi connectivity index (χ2v) is 6.35. The van der Waals surface area contributed by atoms with Crippen LogP contribution in [0.2, 0.25) is 5.02 Å². The lowest BCUT2D eigenvalue weighted by Gasteiger charge is -2.04. The number of hydrogen-bond acceptors (Lipinski definition) is 6. The zero-order chi connectivity index (χ0) is 13.7. The van der Waals surface area contributed by atoms with Gasteiger partial charge in [-0.3, -0.25) is 4.79 Å². The highest BCUT2D eigenvalue weighted by Gasteiger charge is 2.05. The molecule has 8 heteroatoms. The van der Waals surface area contributed by atoms with E-state index in [0.717, 1.165) is 10.0 Å². The van der Waals surface area contributed by atoms with Crippen molar-refractivity contribution in [1.82, 2.24) is 10.2 Å². The van der Waals surface area contributed by atoms with Crippen LogP contribution in [0.5, 0.6) is 0 Å². The van der Waals surface area contributed by atoms with E-state index < -0.39 is 0 Å². The number of benzene rings is 1. The Morgan fingerprint density at radius 1 is 1.37 bits per heavy atom. The number of thioether (sulfide) groups is 1. The SMILES string of the molecule is Nc1nnc(SCCC(=O)Nc2ccc(Cl)cc2)s1. The van der Waals surface area contributed by atoms with Crippen LogP contribution in [-0.4, -0.2) is 21.9 Å². The normalized spacial score (nSPS) is 10.4. The maximum atomic E-state index is 11.7. The van der Waals surface area contributed by atoms with Crippen molar-refractivity contribution in [3.05, 3.63) is 29.3 Å². The standard InChI is InChI=1S/C11H11ClN4OS2/c12-7-1-3-8(4-2-7)14-9(17)5-6-18-11-16-15-10(13)19-11/h1-4H,5-6H2,(H2,13,15)(H,14,17). The quantitative estimate of drug-likeness (QED) is 0.829. The highest BCUT2D eigenvalue weighted by molar-refractivity contribution is 8.01. The second kappa shape index (κ2) is 6.74. The number of hydrogen-bond donors (Lipinski definition) is 2. The summed E-state index contributed by atoms with van der Waals surface area (Å²) in [5.41, 5.74) is 6.20. The van der Waals surface area contributed by atoms with E-state index in [0.29, 0.717) is 22.3 Å². The summed E-state index contributed by atoms with van der Waals surface area (Å²) in [5, 5.41) is 11.4. The zero-order valence-corrected chi connectivity index (χ0v) is 12.2. The number of rotatable bonds is 5. The summed E-state index contributed by atoms with van der Waals surface area (Å²) in [6.45, 7) is 0. The summed E-state index contributed by atoms with van der Waals surface area (Å²) in [7, 11) is 0. The minimum atomic E-state index is -0.0488. The molecule has 0 fully saturated rings. The van der Waals surface area contributed by atoms with Crippen LogP contribution in [-0.2, 0) is 4.79 Å². The molecule has 0 radical (unpaired) electrons. The smallest absolute Gasteiger partial charge is 0.225 e. The largest absolute Gasteiger partial charge is 0.374 e. The Labute approximate surface area is 123 Å². The highest BCUT2D eigenvalue weighted by Crippen LogP contribution is 2.24. The number of amides is 1. The van der Waals surface area contributed by atoms with E-state index in [1.54, 1.807) is 24.3 Å². The Hall–Kier alpha value is -1.31. The van der Waals surface area contributed by atoms with Crippen molar-refractivity contribution >= 4 is 51.4 Å². The fraction of sp³-hybridized carbons (Fsp3) is 0.182. The van der Waals surface area contributed by atoms with Crippen molar-refractivity contribution in [1.29, 1.82) is 0 Å². The summed E-state index contributed by atoms with van der Waals surface area (Å²) < 4.78 is 0.775. The molecule has 1 aromatic heterocycles. The van der Waals surface area contributed by atoms with Gasteiger partial charge >= 0.3 is 0 Å². The average Bonchev–Trinajstić information content (AvgIpc) is 2.78. The number of halogens is 1. The van der Waals surface area contributed by atoms with Gasteiger partial charge in [-0.05, 0) is 24.3 Å². The Bertz CT molecular complexity index is 558. The maximum Gasteiger partial charge on any atom is 0.225 e. The number of anilines is 2. The van der Waals surface area contributed by atoms with Crippen LogP contribution in [0.3, 0.4) is 0 Å². The van der Waals surface area contributed by atoms with Crippen LogP contribution in [0.1, 0.15) is 6.42 Å². The number of nitrogen functional groups attached to an aromatic ring is 1. The van der Waals surface area contributed by atoms with Gasteiger partial charge in [0.1, 0.15) is 0 Å². The first-order chi connectivity index (χ1) is 9.13. The first-order valence-corrected chi connectivity index (χ1v) is 7.59. The van der Waals surface area contributed by atoms with Crippen LogP contribution in [0, 0.1) is 0 Å². The third-order valence-corrected chi connectivity index (χ3v) is 4.24. The first-order valence-electron chi connectivity index (χ1n) is 5.40. The molecule has 19 heavy (non-hydrogen) atoms. The minimum Gasteiger partial charge on any atom is -0.374 e. The molecule has 0 atom stereocenters. The van der Waals surface area contributed by atoms with E-state index in [-0.39, 0.29) is 5.91 Å². The number of nitrogens with two attached hydrogens (primary N) is 1. The monoisotopic (exact) mass is 314 g/mol. The van der Waals surface area contributed by atoms with E-state index in [2.05, 4.69) is 15.5 Å². The molecule has 1 heterocycles. The van der Waals surface area contributed by atoms with Crippen molar-refractivity contribution in [3.63, 3.8) is 0 Å². The van der Waals surface area contributed by atoms with Crippen LogP contribution < -0.4 is 11.1 Å². The molecular formula is C11H11ClN4OS2. The van der Waals surface area contributed by atoms with Crippen LogP contribution >= 0.6 is 34.7 Å². The number of carbonyl (C=O) groups is 1. The van der Waals surface area contributed by atoms with Crippen molar-refractivity contribution in [2.75, 3.05) is 16.8 Å². The third kappa shape index (κ3) is 4.70. The van der Waals surface area contributed by atoms with Gasteiger partial charge in [0, 0.05) is 22.9 Å². The number of nitrogens with zero attached hydrogens (tertiary/aromatic N) is 2. The van der Waals surface area contributed by atoms with Crippen molar-refractivity contribution < 1.29 is 4.79 Å². The summed E-state index contributed by atoms with van der Waals surface area (Å²) >= 11 is 8.55. The molecule has 0 saturated heterocycles. The minimum absolute atomic E-state index is 0.0488. The summed E-state index contributed by atoms with van der Waals surface area (Å²) in [6, 6.07) is 6.99. The van der Waals surface area contributed by atoms with Gasteiger partial charge in [0.15, 0.2) is 4.34 Å². The molecular weight excluding hydrogens is 304 g/mol. The van der Waals surface area contributed by atoms with Crippen LogP contribution in [0.4, 0.5) is 10.8 Å². The van der Waals surface area contributed by atoms with Gasteiger partial charge in [-0.25, -0.2) is 0 Å². The summed E-state index contributed by atoms with van der Waals surface area (Å²) in [4.78, 5) is 11.7. The zero-order valence-electron chi connectivity index (χ0n) is 9.80. The summed E-state index contributed by atoms with van der Waals surface area (Å²) in [6.07, 6.45) is 0.396. The van der Waals surface area contributed by atoms with Crippen molar-refractivity contribution in [2.45, 2.75) is 10.8 Å². The molecule has 0 unspecified atom stereocenters. The molecule has 0 bridgehead atoms. The Kier molecular flexibility index (Phi) is 5.00. The maximum absolute atomic E-state index is 11.7. The Morgan fingerprint density at radius 3 is 2.74 bits per heavy atom. The van der Waals surface area contributed by atoms with Gasteiger partial charge in [-0.1, -0.05) is 34.7 Å². The number of nitrogens with one attached hydrogen (secondary N) is 1. The van der Waals surface area contributed by atoms with Gasteiger partial charge in [0.2, 0.25) is 11.0 Å². The topological polar surface area (TPSA) is 80.9 Å². The number of aromatic nitrogens is 2. The average molecular weight is 315 g/mol. The fourth-order valence-electron chi connectivity index (χ4n) is 1.27. The Balaban J connectivity index is 1.74. The third-order valence-electron chi connectivity index (χ3n) is 2.10. The molecule has 5 nitrogen and oxygen atoms in total. The Morgan fingerprint density at radius 2 is 2.11 bits per heavy atom. The number of carbonyl (C=O) groups excluding carboxylic acids is 1. The molecule has 1 amide bonds. The van der Waals surface area contributed by atoms with Gasteiger partial charge < -0.3 is 11.1 Å². The lowest BCUT2D eigenvalue weighted by atomic mass is 10.3. The summed E-state index contributed by atoms with van der Waals surface area (Å²) in [5.74, 6) is 0.584. The molecule has 2 rings (SSSR count). The molecule has 0 aliphatic rings. The molecule has 100 valence electrons. The molecule has 0 aliphatic heterocycles. The first kappa shape index (κ1) is 14.1. The molecule has 3 N–H and O–H groups in total. The second-order valence-electron chi connectivity index (χ2n) is 3.56. The van der Waals surface area contributed by atoms with Gasteiger partial charge in [-0.15, -0.1) is 10.2 Å². The van der Waals surface area contributed by atoms with E-state index in [9.17, 15) is 4.79 Å². The van der Waals surface area contributed by atoms with Crippen molar-refractivity contribution in [2.24, 2.45) is 0 Å². The highest BCUT2D eigenvalue weighted by atomic mass is 35.5. The van der Waals surface area contributed by atoms with E-state index >= 15 is 0 Å². The van der Waals surface area contributed by atoms with E-state index in [4.69, 9.17) is 17.3 Å². The lowest BCUT2D eigenvalue weighted by molar-refractivity contribution is -0.115. The predicted molar refractivity (Wildman–Crippen MR) is 79.7 cm³/mol.